The molecular formula is C16H29IN8. The summed E-state index contributed by atoms with van der Waals surface area (Å²) in [6, 6.07) is 0. The third-order valence-electron chi connectivity index (χ3n) is 4.21. The number of guanidine groups is 1. The van der Waals surface area contributed by atoms with E-state index in [-0.39, 0.29) is 24.0 Å². The Bertz CT molecular complexity index is 688. The van der Waals surface area contributed by atoms with Gasteiger partial charge in [0.1, 0.15) is 12.2 Å². The van der Waals surface area contributed by atoms with Crippen molar-refractivity contribution in [1.82, 2.24) is 35.2 Å². The zero-order valence-electron chi connectivity index (χ0n) is 15.7. The summed E-state index contributed by atoms with van der Waals surface area (Å²) in [5, 5.41) is 19.2. The van der Waals surface area contributed by atoms with Gasteiger partial charge in [-0.2, -0.15) is 5.10 Å². The number of halogens is 1. The molecule has 2 heterocycles. The third-order valence-corrected chi connectivity index (χ3v) is 4.21. The summed E-state index contributed by atoms with van der Waals surface area (Å²) < 4.78 is 3.99. The largest absolute Gasteiger partial charge is 0.356 e. The molecule has 0 amide bonds. The highest BCUT2D eigenvalue weighted by molar-refractivity contribution is 14.0. The second-order valence-electron chi connectivity index (χ2n) is 5.74. The molecule has 9 heteroatoms. The van der Waals surface area contributed by atoms with Gasteiger partial charge in [-0.1, -0.05) is 6.92 Å². The molecule has 2 rings (SSSR count). The lowest BCUT2D eigenvalue weighted by Crippen LogP contribution is -2.39. The molecule has 2 N–H and O–H groups in total. The van der Waals surface area contributed by atoms with Crippen LogP contribution in [0, 0.1) is 13.8 Å². The highest BCUT2D eigenvalue weighted by atomic mass is 127. The van der Waals surface area contributed by atoms with Crippen molar-refractivity contribution in [2.24, 2.45) is 12.0 Å². The lowest BCUT2D eigenvalue weighted by Gasteiger charge is -2.12. The van der Waals surface area contributed by atoms with Gasteiger partial charge in [0.15, 0.2) is 5.96 Å². The number of aliphatic imine (C=N–C) groups is 1. The minimum absolute atomic E-state index is 0. The highest BCUT2D eigenvalue weighted by Crippen LogP contribution is 2.11. The van der Waals surface area contributed by atoms with E-state index in [2.05, 4.69) is 56.3 Å². The van der Waals surface area contributed by atoms with E-state index < -0.39 is 0 Å². The zero-order valence-corrected chi connectivity index (χ0v) is 18.0. The molecule has 0 saturated heterocycles. The number of hydrogen-bond donors (Lipinski definition) is 2. The van der Waals surface area contributed by atoms with Gasteiger partial charge in [-0.15, -0.1) is 34.2 Å². The number of nitrogens with zero attached hydrogens (tertiary/aromatic N) is 6. The van der Waals surface area contributed by atoms with Crippen LogP contribution in [-0.4, -0.2) is 50.6 Å². The molecule has 0 spiro atoms. The molecule has 140 valence electrons. The quantitative estimate of drug-likeness (QED) is 0.369. The van der Waals surface area contributed by atoms with Gasteiger partial charge in [0.25, 0.3) is 0 Å². The van der Waals surface area contributed by atoms with Gasteiger partial charge in [-0.3, -0.25) is 9.67 Å². The lowest BCUT2D eigenvalue weighted by molar-refractivity contribution is 0.632. The highest BCUT2D eigenvalue weighted by Gasteiger charge is 2.09. The Balaban J connectivity index is 0.00000312. The van der Waals surface area contributed by atoms with Gasteiger partial charge >= 0.3 is 0 Å². The third kappa shape index (κ3) is 5.68. The van der Waals surface area contributed by atoms with Crippen molar-refractivity contribution in [3.63, 3.8) is 0 Å². The Morgan fingerprint density at radius 1 is 1.24 bits per heavy atom. The number of nitrogens with one attached hydrogen (secondary N) is 2. The van der Waals surface area contributed by atoms with Crippen LogP contribution in [0.1, 0.15) is 29.7 Å². The molecule has 0 aliphatic carbocycles. The molecule has 0 radical (unpaired) electrons. The summed E-state index contributed by atoms with van der Waals surface area (Å²) in [6.45, 7) is 8.65. The molecule has 0 unspecified atom stereocenters. The van der Waals surface area contributed by atoms with E-state index in [1.165, 1.54) is 11.3 Å². The summed E-state index contributed by atoms with van der Waals surface area (Å²) in [7, 11) is 3.77. The van der Waals surface area contributed by atoms with Crippen molar-refractivity contribution in [3.8, 4) is 0 Å². The lowest BCUT2D eigenvalue weighted by atomic mass is 10.1. The molecule has 8 nitrogen and oxygen atoms in total. The number of hydrogen-bond acceptors (Lipinski definition) is 4. The van der Waals surface area contributed by atoms with Gasteiger partial charge in [0.2, 0.25) is 0 Å². The molecular weight excluding hydrogens is 431 g/mol. The number of rotatable bonds is 7. The Morgan fingerprint density at radius 3 is 2.56 bits per heavy atom. The van der Waals surface area contributed by atoms with E-state index in [1.54, 1.807) is 13.4 Å². The molecule has 2 aromatic heterocycles. The summed E-state index contributed by atoms with van der Waals surface area (Å²) in [4.78, 5) is 4.26. The normalized spacial score (nSPS) is 11.3. The fourth-order valence-electron chi connectivity index (χ4n) is 2.74. The van der Waals surface area contributed by atoms with Gasteiger partial charge in [0, 0.05) is 45.8 Å². The van der Waals surface area contributed by atoms with Crippen LogP contribution in [-0.2, 0) is 26.4 Å². The van der Waals surface area contributed by atoms with Crippen molar-refractivity contribution in [2.75, 3.05) is 20.1 Å². The second-order valence-corrected chi connectivity index (χ2v) is 5.74. The summed E-state index contributed by atoms with van der Waals surface area (Å²) in [5.74, 6) is 1.81. The standard InChI is InChI=1S/C16H28N8.HI/c1-6-15-21-20-11-24(15)10-9-19-16(17-4)18-8-7-14-12(2)22-23(5)13(14)3;/h11H,6-10H2,1-5H3,(H2,17,18,19);1H. The number of aryl methyl sites for hydroxylation is 3. The van der Waals surface area contributed by atoms with Crippen LogP contribution < -0.4 is 10.6 Å². The van der Waals surface area contributed by atoms with E-state index in [0.29, 0.717) is 0 Å². The van der Waals surface area contributed by atoms with E-state index >= 15 is 0 Å². The molecule has 25 heavy (non-hydrogen) atoms. The second kappa shape index (κ2) is 10.4. The van der Waals surface area contributed by atoms with Crippen LogP contribution in [0.25, 0.3) is 0 Å². The smallest absolute Gasteiger partial charge is 0.191 e. The summed E-state index contributed by atoms with van der Waals surface area (Å²) >= 11 is 0. The molecule has 0 saturated carbocycles. The fraction of sp³-hybridized carbons (Fsp3) is 0.625. The Kier molecular flexibility index (Phi) is 8.87. The van der Waals surface area contributed by atoms with Gasteiger partial charge in [-0.05, 0) is 25.8 Å². The van der Waals surface area contributed by atoms with E-state index in [0.717, 1.165) is 50.0 Å². The van der Waals surface area contributed by atoms with Gasteiger partial charge < -0.3 is 15.2 Å². The SMILES string of the molecule is CCc1nncn1CCNC(=NC)NCCc1c(C)nn(C)c1C.I. The van der Waals surface area contributed by atoms with Crippen molar-refractivity contribution in [3.05, 3.63) is 29.1 Å². The van der Waals surface area contributed by atoms with Crippen molar-refractivity contribution in [2.45, 2.75) is 40.2 Å². The van der Waals surface area contributed by atoms with E-state index in [1.807, 2.05) is 11.7 Å². The zero-order chi connectivity index (χ0) is 17.5. The minimum atomic E-state index is 0. The summed E-state index contributed by atoms with van der Waals surface area (Å²) in [5.41, 5.74) is 3.62. The molecule has 0 bridgehead atoms. The van der Waals surface area contributed by atoms with E-state index in [9.17, 15) is 0 Å². The first-order valence-electron chi connectivity index (χ1n) is 8.37. The predicted molar refractivity (Wildman–Crippen MR) is 111 cm³/mol. The Hall–Kier alpha value is -1.65. The molecule has 0 aromatic carbocycles. The molecule has 0 aliphatic heterocycles. The molecule has 0 fully saturated rings. The van der Waals surface area contributed by atoms with Crippen LogP contribution in [0.5, 0.6) is 0 Å². The van der Waals surface area contributed by atoms with Crippen LogP contribution >= 0.6 is 24.0 Å². The van der Waals surface area contributed by atoms with Crippen LogP contribution in [0.2, 0.25) is 0 Å². The Labute approximate surface area is 166 Å². The van der Waals surface area contributed by atoms with Crippen LogP contribution in [0.3, 0.4) is 0 Å². The van der Waals surface area contributed by atoms with Gasteiger partial charge in [0.05, 0.1) is 5.69 Å². The first-order valence-corrected chi connectivity index (χ1v) is 8.37. The number of aromatic nitrogens is 5. The van der Waals surface area contributed by atoms with Crippen molar-refractivity contribution >= 4 is 29.9 Å². The Morgan fingerprint density at radius 2 is 1.96 bits per heavy atom. The fourth-order valence-corrected chi connectivity index (χ4v) is 2.74. The summed E-state index contributed by atoms with van der Waals surface area (Å²) in [6.07, 6.45) is 3.58. The maximum atomic E-state index is 4.45. The van der Waals surface area contributed by atoms with Gasteiger partial charge in [-0.25, -0.2) is 0 Å². The topological polar surface area (TPSA) is 84.9 Å². The molecule has 0 atom stereocenters. The first kappa shape index (κ1) is 21.4. The first-order chi connectivity index (χ1) is 11.6. The van der Waals surface area contributed by atoms with Crippen molar-refractivity contribution < 1.29 is 0 Å². The van der Waals surface area contributed by atoms with Crippen molar-refractivity contribution in [1.29, 1.82) is 0 Å². The molecule has 0 aliphatic rings. The monoisotopic (exact) mass is 460 g/mol. The van der Waals surface area contributed by atoms with Crippen LogP contribution in [0.4, 0.5) is 0 Å². The van der Waals surface area contributed by atoms with Crippen LogP contribution in [0.15, 0.2) is 11.3 Å². The minimum Gasteiger partial charge on any atom is -0.356 e. The average Bonchev–Trinajstić information content (AvgIpc) is 3.12. The molecule has 2 aromatic rings. The average molecular weight is 460 g/mol. The maximum absolute atomic E-state index is 4.45. The maximum Gasteiger partial charge on any atom is 0.191 e. The van der Waals surface area contributed by atoms with E-state index in [4.69, 9.17) is 0 Å². The predicted octanol–water partition coefficient (Wildman–Crippen LogP) is 1.22.